The lowest BCUT2D eigenvalue weighted by atomic mass is 10.1. The van der Waals surface area contributed by atoms with Crippen molar-refractivity contribution < 1.29 is 9.32 Å². The molecule has 0 N–H and O–H groups in total. The van der Waals surface area contributed by atoms with Gasteiger partial charge in [0.15, 0.2) is 5.69 Å². The molecule has 20 heavy (non-hydrogen) atoms. The van der Waals surface area contributed by atoms with Gasteiger partial charge in [0.1, 0.15) is 5.76 Å². The van der Waals surface area contributed by atoms with E-state index in [2.05, 4.69) is 16.6 Å². The van der Waals surface area contributed by atoms with Gasteiger partial charge in [-0.05, 0) is 6.42 Å². The maximum absolute atomic E-state index is 12.4. The smallest absolute Gasteiger partial charge is 0.276 e. The number of nitrogens with zero attached hydrogens (tertiary/aromatic N) is 3. The summed E-state index contributed by atoms with van der Waals surface area (Å²) in [7, 11) is 0. The molecule has 0 aliphatic carbocycles. The molecule has 0 radical (unpaired) electrons. The Hall–Kier alpha value is -1.62. The van der Waals surface area contributed by atoms with Gasteiger partial charge in [-0.2, -0.15) is 0 Å². The lowest BCUT2D eigenvalue weighted by Gasteiger charge is -2.20. The van der Waals surface area contributed by atoms with Gasteiger partial charge in [-0.25, -0.2) is 0 Å². The fourth-order valence-corrected chi connectivity index (χ4v) is 2.36. The third kappa shape index (κ3) is 3.48. The van der Waals surface area contributed by atoms with Crippen molar-refractivity contribution in [3.8, 4) is 0 Å². The third-order valence-electron chi connectivity index (χ3n) is 3.58. The van der Waals surface area contributed by atoms with Crippen molar-refractivity contribution in [1.82, 2.24) is 15.0 Å². The van der Waals surface area contributed by atoms with Gasteiger partial charge >= 0.3 is 0 Å². The Balaban J connectivity index is 1.99. The molecule has 1 aromatic rings. The summed E-state index contributed by atoms with van der Waals surface area (Å²) < 4.78 is 5.21. The molecule has 1 saturated heterocycles. The first-order valence-corrected chi connectivity index (χ1v) is 7.21. The van der Waals surface area contributed by atoms with Crippen molar-refractivity contribution in [3.05, 3.63) is 30.2 Å². The van der Waals surface area contributed by atoms with Crippen LogP contribution in [0.15, 0.2) is 23.2 Å². The predicted molar refractivity (Wildman–Crippen MR) is 77.7 cm³/mol. The maximum atomic E-state index is 12.4. The van der Waals surface area contributed by atoms with Crippen LogP contribution < -0.4 is 0 Å². The van der Waals surface area contributed by atoms with Gasteiger partial charge in [0, 0.05) is 44.7 Å². The first-order chi connectivity index (χ1) is 9.61. The van der Waals surface area contributed by atoms with E-state index in [1.165, 1.54) is 0 Å². The molecule has 5 heteroatoms. The van der Waals surface area contributed by atoms with Crippen molar-refractivity contribution in [1.29, 1.82) is 0 Å². The van der Waals surface area contributed by atoms with Crippen molar-refractivity contribution in [2.24, 2.45) is 0 Å². The molecule has 0 atom stereocenters. The van der Waals surface area contributed by atoms with Crippen molar-refractivity contribution in [2.75, 3.05) is 32.7 Å². The highest BCUT2D eigenvalue weighted by molar-refractivity contribution is 5.92. The number of amides is 1. The molecule has 0 saturated carbocycles. The van der Waals surface area contributed by atoms with Gasteiger partial charge in [0.2, 0.25) is 0 Å². The van der Waals surface area contributed by atoms with E-state index in [9.17, 15) is 4.79 Å². The zero-order chi connectivity index (χ0) is 14.5. The van der Waals surface area contributed by atoms with Crippen LogP contribution in [-0.4, -0.2) is 53.6 Å². The van der Waals surface area contributed by atoms with Crippen molar-refractivity contribution >= 4 is 5.91 Å². The molecule has 0 aromatic carbocycles. The molecule has 0 spiro atoms. The Morgan fingerprint density at radius 3 is 2.90 bits per heavy atom. The Labute approximate surface area is 120 Å². The molecule has 1 aliphatic rings. The molecule has 2 heterocycles. The summed E-state index contributed by atoms with van der Waals surface area (Å²) in [6, 6.07) is 1.76. The first-order valence-electron chi connectivity index (χ1n) is 7.21. The Kier molecular flexibility index (Phi) is 4.95. The number of carbonyl (C=O) groups excluding carboxylic acids is 1. The zero-order valence-electron chi connectivity index (χ0n) is 12.3. The van der Waals surface area contributed by atoms with Crippen LogP contribution in [0.4, 0.5) is 0 Å². The molecular weight excluding hydrogens is 254 g/mol. The summed E-state index contributed by atoms with van der Waals surface area (Å²) in [4.78, 5) is 16.6. The summed E-state index contributed by atoms with van der Waals surface area (Å²) in [6.07, 6.45) is 2.89. The predicted octanol–water partition coefficient (Wildman–Crippen LogP) is 2.13. The van der Waals surface area contributed by atoms with Crippen LogP contribution in [0.5, 0.6) is 0 Å². The minimum atomic E-state index is -0.0268. The number of carbonyl (C=O) groups is 1. The van der Waals surface area contributed by atoms with Gasteiger partial charge in [-0.1, -0.05) is 25.1 Å². The summed E-state index contributed by atoms with van der Waals surface area (Å²) in [5.41, 5.74) is 0.422. The molecule has 1 aromatic heterocycles. The Morgan fingerprint density at radius 2 is 2.25 bits per heavy atom. The molecule has 0 unspecified atom stereocenters. The van der Waals surface area contributed by atoms with Crippen LogP contribution in [0.1, 0.15) is 42.4 Å². The van der Waals surface area contributed by atoms with E-state index >= 15 is 0 Å². The van der Waals surface area contributed by atoms with Crippen molar-refractivity contribution in [3.63, 3.8) is 0 Å². The van der Waals surface area contributed by atoms with Crippen LogP contribution in [0.25, 0.3) is 0 Å². The minimum Gasteiger partial charge on any atom is -0.360 e. The van der Waals surface area contributed by atoms with Crippen LogP contribution in [0.2, 0.25) is 0 Å². The summed E-state index contributed by atoms with van der Waals surface area (Å²) in [6.45, 7) is 12.1. The Morgan fingerprint density at radius 1 is 1.45 bits per heavy atom. The number of rotatable bonds is 4. The lowest BCUT2D eigenvalue weighted by molar-refractivity contribution is 0.0751. The van der Waals surface area contributed by atoms with Gasteiger partial charge in [0.25, 0.3) is 5.91 Å². The molecule has 1 aliphatic heterocycles. The van der Waals surface area contributed by atoms with E-state index in [0.29, 0.717) is 5.69 Å². The average molecular weight is 277 g/mol. The van der Waals surface area contributed by atoms with E-state index in [1.54, 1.807) is 6.07 Å². The monoisotopic (exact) mass is 277 g/mol. The van der Waals surface area contributed by atoms with Crippen LogP contribution in [0, 0.1) is 0 Å². The zero-order valence-corrected chi connectivity index (χ0v) is 12.3. The van der Waals surface area contributed by atoms with Gasteiger partial charge in [-0.3, -0.25) is 9.69 Å². The highest BCUT2D eigenvalue weighted by Gasteiger charge is 2.23. The largest absolute Gasteiger partial charge is 0.360 e. The molecule has 0 bridgehead atoms. The summed E-state index contributed by atoms with van der Waals surface area (Å²) >= 11 is 0. The van der Waals surface area contributed by atoms with E-state index < -0.39 is 0 Å². The topological polar surface area (TPSA) is 49.6 Å². The SMILES string of the molecule is C=CCN1CCCN(C(=O)c2cc(C(C)C)on2)CC1. The van der Waals surface area contributed by atoms with E-state index in [0.717, 1.165) is 44.9 Å². The lowest BCUT2D eigenvalue weighted by Crippen LogP contribution is -2.35. The van der Waals surface area contributed by atoms with Crippen LogP contribution in [0.3, 0.4) is 0 Å². The highest BCUT2D eigenvalue weighted by atomic mass is 16.5. The molecule has 5 nitrogen and oxygen atoms in total. The van der Waals surface area contributed by atoms with Crippen LogP contribution in [-0.2, 0) is 0 Å². The summed E-state index contributed by atoms with van der Waals surface area (Å²) in [5, 5.41) is 3.90. The first kappa shape index (κ1) is 14.8. The molecular formula is C15H23N3O2. The van der Waals surface area contributed by atoms with Gasteiger partial charge in [0.05, 0.1) is 0 Å². The molecule has 1 amide bonds. The van der Waals surface area contributed by atoms with E-state index in [1.807, 2.05) is 24.8 Å². The maximum Gasteiger partial charge on any atom is 0.276 e. The quantitative estimate of drug-likeness (QED) is 0.791. The third-order valence-corrected chi connectivity index (χ3v) is 3.58. The molecule has 1 fully saturated rings. The van der Waals surface area contributed by atoms with Gasteiger partial charge < -0.3 is 9.42 Å². The normalized spacial score (nSPS) is 17.2. The number of hydrogen-bond donors (Lipinski definition) is 0. The van der Waals surface area contributed by atoms with Gasteiger partial charge in [-0.15, -0.1) is 6.58 Å². The second-order valence-corrected chi connectivity index (χ2v) is 5.50. The molecule has 110 valence electrons. The minimum absolute atomic E-state index is 0.0268. The van der Waals surface area contributed by atoms with Crippen molar-refractivity contribution in [2.45, 2.75) is 26.2 Å². The van der Waals surface area contributed by atoms with Crippen LogP contribution >= 0.6 is 0 Å². The second kappa shape index (κ2) is 6.70. The summed E-state index contributed by atoms with van der Waals surface area (Å²) in [5.74, 6) is 0.980. The Bertz CT molecular complexity index is 467. The number of aromatic nitrogens is 1. The standard InChI is InChI=1S/C15H23N3O2/c1-4-6-17-7-5-8-18(10-9-17)15(19)13-11-14(12(2)3)20-16-13/h4,11-12H,1,5-10H2,2-3H3. The second-order valence-electron chi connectivity index (χ2n) is 5.50. The number of hydrogen-bond acceptors (Lipinski definition) is 4. The molecule has 2 rings (SSSR count). The van der Waals surface area contributed by atoms with E-state index in [4.69, 9.17) is 4.52 Å². The van der Waals surface area contributed by atoms with E-state index in [-0.39, 0.29) is 11.8 Å². The highest BCUT2D eigenvalue weighted by Crippen LogP contribution is 2.16. The fraction of sp³-hybridized carbons (Fsp3) is 0.600. The average Bonchev–Trinajstić information content (AvgIpc) is 2.80. The fourth-order valence-electron chi connectivity index (χ4n) is 2.36.